The molecule has 21 heavy (non-hydrogen) atoms. The maximum Gasteiger partial charge on any atom is 0.237 e. The number of carbonyl (C=O) groups excluding carboxylic acids is 1. The molecule has 3 nitrogen and oxygen atoms in total. The highest BCUT2D eigenvalue weighted by atomic mass is 35.5. The highest BCUT2D eigenvalue weighted by molar-refractivity contribution is 8.23. The van der Waals surface area contributed by atoms with Crippen molar-refractivity contribution in [1.82, 2.24) is 4.90 Å². The van der Waals surface area contributed by atoms with Gasteiger partial charge >= 0.3 is 0 Å². The Balaban J connectivity index is 2.64. The monoisotopic (exact) mass is 348 g/mol. The molecule has 1 aromatic rings. The van der Waals surface area contributed by atoms with Crippen LogP contribution in [0.4, 0.5) is 10.1 Å². The first-order chi connectivity index (χ1) is 9.88. The van der Waals surface area contributed by atoms with Gasteiger partial charge in [0.1, 0.15) is 10.1 Å². The molecule has 0 aliphatic rings. The SMILES string of the molecule is CCN(CC)C(=S)S[C@@H](C)C(=O)Nc1ccc(F)cc1Cl. The normalized spacial score (nSPS) is 11.9. The molecule has 116 valence electrons. The maximum absolute atomic E-state index is 13.0. The summed E-state index contributed by atoms with van der Waals surface area (Å²) in [4.78, 5) is 14.1. The van der Waals surface area contributed by atoms with E-state index in [-0.39, 0.29) is 16.2 Å². The van der Waals surface area contributed by atoms with Crippen LogP contribution in [-0.4, -0.2) is 33.5 Å². The van der Waals surface area contributed by atoms with Gasteiger partial charge in [-0.15, -0.1) is 0 Å². The van der Waals surface area contributed by atoms with Gasteiger partial charge in [0.25, 0.3) is 0 Å². The molecule has 0 bridgehead atoms. The van der Waals surface area contributed by atoms with Crippen molar-refractivity contribution < 1.29 is 9.18 Å². The van der Waals surface area contributed by atoms with Crippen LogP contribution in [0.25, 0.3) is 0 Å². The third kappa shape index (κ3) is 5.45. The minimum atomic E-state index is -0.442. The molecule has 0 aliphatic heterocycles. The molecular formula is C14H18ClFN2OS2. The molecule has 1 amide bonds. The van der Waals surface area contributed by atoms with E-state index in [1.165, 1.54) is 23.9 Å². The summed E-state index contributed by atoms with van der Waals surface area (Å²) in [6.45, 7) is 7.41. The highest BCUT2D eigenvalue weighted by Gasteiger charge is 2.19. The first kappa shape index (κ1) is 18.2. The standard InChI is InChI=1S/C14H18ClFN2OS2/c1-4-18(5-2)14(20)21-9(3)13(19)17-12-7-6-10(16)8-11(12)15/h6-9H,4-5H2,1-3H3,(H,17,19)/t9-/m0/s1. The van der Waals surface area contributed by atoms with Crippen LogP contribution in [0.1, 0.15) is 20.8 Å². The lowest BCUT2D eigenvalue weighted by atomic mass is 10.3. The third-order valence-corrected chi connectivity index (χ3v) is 4.74. The molecular weight excluding hydrogens is 331 g/mol. The molecule has 1 rings (SSSR count). The average Bonchev–Trinajstić information content (AvgIpc) is 2.43. The zero-order valence-corrected chi connectivity index (χ0v) is 14.5. The van der Waals surface area contributed by atoms with E-state index < -0.39 is 5.82 Å². The fourth-order valence-corrected chi connectivity index (χ4v) is 3.37. The molecule has 1 atom stereocenters. The van der Waals surface area contributed by atoms with Gasteiger partial charge in [0.15, 0.2) is 0 Å². The van der Waals surface area contributed by atoms with Crippen LogP contribution in [0.5, 0.6) is 0 Å². The molecule has 1 aromatic carbocycles. The van der Waals surface area contributed by atoms with Crippen molar-refractivity contribution in [3.63, 3.8) is 0 Å². The predicted molar refractivity (Wildman–Crippen MR) is 92.6 cm³/mol. The Kier molecular flexibility index (Phi) is 7.42. The number of hydrogen-bond acceptors (Lipinski definition) is 3. The summed E-state index contributed by atoms with van der Waals surface area (Å²) in [7, 11) is 0. The van der Waals surface area contributed by atoms with Crippen LogP contribution < -0.4 is 5.32 Å². The van der Waals surface area contributed by atoms with Crippen molar-refractivity contribution in [2.75, 3.05) is 18.4 Å². The van der Waals surface area contributed by atoms with E-state index in [1.54, 1.807) is 6.92 Å². The zero-order valence-electron chi connectivity index (χ0n) is 12.2. The first-order valence-electron chi connectivity index (χ1n) is 6.60. The maximum atomic E-state index is 13.0. The molecule has 0 aliphatic carbocycles. The van der Waals surface area contributed by atoms with E-state index in [0.29, 0.717) is 10.0 Å². The van der Waals surface area contributed by atoms with Gasteiger partial charge in [-0.2, -0.15) is 0 Å². The number of halogens is 2. The number of hydrogen-bond donors (Lipinski definition) is 1. The fraction of sp³-hybridized carbons (Fsp3) is 0.429. The Morgan fingerprint density at radius 2 is 2.10 bits per heavy atom. The van der Waals surface area contributed by atoms with Gasteiger partial charge in [0.2, 0.25) is 5.91 Å². The summed E-state index contributed by atoms with van der Waals surface area (Å²) in [6.07, 6.45) is 0. The molecule has 7 heteroatoms. The van der Waals surface area contributed by atoms with E-state index in [0.717, 1.165) is 19.2 Å². The molecule has 0 saturated heterocycles. The van der Waals surface area contributed by atoms with E-state index in [4.69, 9.17) is 23.8 Å². The molecule has 0 fully saturated rings. The van der Waals surface area contributed by atoms with Gasteiger partial charge < -0.3 is 10.2 Å². The second-order valence-corrected chi connectivity index (χ2v) is 6.69. The van der Waals surface area contributed by atoms with Crippen molar-refractivity contribution in [2.45, 2.75) is 26.0 Å². The molecule has 0 heterocycles. The van der Waals surface area contributed by atoms with E-state index >= 15 is 0 Å². The van der Waals surface area contributed by atoms with Crippen LogP contribution in [0.3, 0.4) is 0 Å². The topological polar surface area (TPSA) is 32.3 Å². The van der Waals surface area contributed by atoms with Crippen molar-refractivity contribution in [2.24, 2.45) is 0 Å². The molecule has 0 aromatic heterocycles. The van der Waals surface area contributed by atoms with E-state index in [2.05, 4.69) is 5.32 Å². The molecule has 0 radical (unpaired) electrons. The van der Waals surface area contributed by atoms with Crippen molar-refractivity contribution in [3.8, 4) is 0 Å². The Morgan fingerprint density at radius 3 is 2.62 bits per heavy atom. The number of thiocarbonyl (C=S) groups is 1. The lowest BCUT2D eigenvalue weighted by molar-refractivity contribution is -0.115. The van der Waals surface area contributed by atoms with Gasteiger partial charge in [0.05, 0.1) is 16.0 Å². The van der Waals surface area contributed by atoms with Crippen LogP contribution in [-0.2, 0) is 4.79 Å². The fourth-order valence-electron chi connectivity index (χ4n) is 1.59. The minimum absolute atomic E-state index is 0.173. The summed E-state index contributed by atoms with van der Waals surface area (Å²) >= 11 is 12.5. The van der Waals surface area contributed by atoms with Crippen LogP contribution in [0.15, 0.2) is 18.2 Å². The van der Waals surface area contributed by atoms with Crippen molar-refractivity contribution in [1.29, 1.82) is 0 Å². The lowest BCUT2D eigenvalue weighted by Gasteiger charge is -2.23. The second kappa shape index (κ2) is 8.56. The van der Waals surface area contributed by atoms with Gasteiger partial charge in [-0.1, -0.05) is 35.6 Å². The Bertz CT molecular complexity index is 524. The number of nitrogens with one attached hydrogen (secondary N) is 1. The molecule has 0 unspecified atom stereocenters. The molecule has 0 spiro atoms. The number of anilines is 1. The first-order valence-corrected chi connectivity index (χ1v) is 8.27. The summed E-state index contributed by atoms with van der Waals surface area (Å²) in [5.41, 5.74) is 0.393. The van der Waals surface area contributed by atoms with E-state index in [1.807, 2.05) is 18.7 Å². The number of rotatable bonds is 5. The van der Waals surface area contributed by atoms with Crippen molar-refractivity contribution >= 4 is 51.5 Å². The quantitative estimate of drug-likeness (QED) is 0.809. The van der Waals surface area contributed by atoms with Gasteiger partial charge in [-0.25, -0.2) is 4.39 Å². The number of amides is 1. The lowest BCUT2D eigenvalue weighted by Crippen LogP contribution is -2.31. The smallest absolute Gasteiger partial charge is 0.237 e. The van der Waals surface area contributed by atoms with Crippen molar-refractivity contribution in [3.05, 3.63) is 29.0 Å². The summed E-state index contributed by atoms with van der Waals surface area (Å²) < 4.78 is 13.6. The Morgan fingerprint density at radius 1 is 1.48 bits per heavy atom. The van der Waals surface area contributed by atoms with Gasteiger partial charge in [0, 0.05) is 13.1 Å². The Labute approximate surface area is 139 Å². The number of thioether (sulfide) groups is 1. The summed E-state index contributed by atoms with van der Waals surface area (Å²) in [6, 6.07) is 3.85. The number of carbonyl (C=O) groups is 1. The Hall–Kier alpha value is -0.850. The van der Waals surface area contributed by atoms with Crippen LogP contribution in [0.2, 0.25) is 5.02 Å². The zero-order chi connectivity index (χ0) is 16.0. The minimum Gasteiger partial charge on any atom is -0.358 e. The van der Waals surface area contributed by atoms with Crippen LogP contribution in [0, 0.1) is 5.82 Å². The number of benzene rings is 1. The van der Waals surface area contributed by atoms with Crippen LogP contribution >= 0.6 is 35.6 Å². The summed E-state index contributed by atoms with van der Waals surface area (Å²) in [5.74, 6) is -0.661. The average molecular weight is 349 g/mol. The van der Waals surface area contributed by atoms with Gasteiger partial charge in [-0.3, -0.25) is 4.79 Å². The molecule has 1 N–H and O–H groups in total. The number of nitrogens with zero attached hydrogens (tertiary/aromatic N) is 1. The van der Waals surface area contributed by atoms with Gasteiger partial charge in [-0.05, 0) is 39.0 Å². The van der Waals surface area contributed by atoms with E-state index in [9.17, 15) is 9.18 Å². The summed E-state index contributed by atoms with van der Waals surface area (Å²) in [5, 5.41) is 2.49. The predicted octanol–water partition coefficient (Wildman–Crippen LogP) is 4.17. The largest absolute Gasteiger partial charge is 0.358 e. The third-order valence-electron chi connectivity index (χ3n) is 2.86. The highest BCUT2D eigenvalue weighted by Crippen LogP contribution is 2.24. The second-order valence-electron chi connectivity index (χ2n) is 4.31. The molecule has 0 saturated carbocycles.